The highest BCUT2D eigenvalue weighted by molar-refractivity contribution is 5.95. The van der Waals surface area contributed by atoms with Crippen LogP contribution in [-0.4, -0.2) is 44.4 Å². The van der Waals surface area contributed by atoms with Gasteiger partial charge in [-0.3, -0.25) is 0 Å². The van der Waals surface area contributed by atoms with Crippen LogP contribution in [0.4, 0.5) is 10.5 Å². The Kier molecular flexibility index (Phi) is 7.87. The van der Waals surface area contributed by atoms with Crippen LogP contribution in [0.3, 0.4) is 0 Å². The maximum atomic E-state index is 12.7. The van der Waals surface area contributed by atoms with E-state index < -0.39 is 12.0 Å². The molecule has 0 radical (unpaired) electrons. The quantitative estimate of drug-likeness (QED) is 0.501. The molecule has 1 aliphatic heterocycles. The van der Waals surface area contributed by atoms with Gasteiger partial charge >= 0.3 is 12.0 Å². The summed E-state index contributed by atoms with van der Waals surface area (Å²) in [6.45, 7) is 12.1. The number of esters is 1. The van der Waals surface area contributed by atoms with Crippen LogP contribution in [0.1, 0.15) is 46.2 Å². The number of anilines is 1. The van der Waals surface area contributed by atoms with Gasteiger partial charge in [-0.15, -0.1) is 0 Å². The molecular formula is C21H31N3O4. The summed E-state index contributed by atoms with van der Waals surface area (Å²) >= 11 is 0. The van der Waals surface area contributed by atoms with Gasteiger partial charge in [0.05, 0.1) is 24.3 Å². The lowest BCUT2D eigenvalue weighted by atomic mass is 9.95. The predicted octanol–water partition coefficient (Wildman–Crippen LogP) is 3.13. The lowest BCUT2D eigenvalue weighted by Crippen LogP contribution is -2.45. The van der Waals surface area contributed by atoms with Crippen molar-refractivity contribution in [3.05, 3.63) is 41.1 Å². The van der Waals surface area contributed by atoms with E-state index in [1.807, 2.05) is 38.1 Å². The van der Waals surface area contributed by atoms with Crippen molar-refractivity contribution in [3.8, 4) is 0 Å². The molecule has 0 bridgehead atoms. The number of allylic oxidation sites excluding steroid dienone is 1. The summed E-state index contributed by atoms with van der Waals surface area (Å²) in [6.07, 6.45) is 0.0763. The van der Waals surface area contributed by atoms with Gasteiger partial charge in [0.2, 0.25) is 0 Å². The molecule has 1 unspecified atom stereocenters. The fourth-order valence-electron chi connectivity index (χ4n) is 3.18. The zero-order valence-corrected chi connectivity index (χ0v) is 17.4. The topological polar surface area (TPSA) is 79.9 Å². The predicted molar refractivity (Wildman–Crippen MR) is 109 cm³/mol. The van der Waals surface area contributed by atoms with Gasteiger partial charge in [-0.1, -0.05) is 12.1 Å². The van der Waals surface area contributed by atoms with Crippen molar-refractivity contribution in [1.82, 2.24) is 10.6 Å². The van der Waals surface area contributed by atoms with Gasteiger partial charge in [0, 0.05) is 24.5 Å². The number of hydrogen-bond acceptors (Lipinski definition) is 5. The summed E-state index contributed by atoms with van der Waals surface area (Å²) < 4.78 is 10.8. The zero-order chi connectivity index (χ0) is 20.7. The minimum atomic E-state index is -0.557. The molecule has 2 amide bonds. The van der Waals surface area contributed by atoms with Crippen LogP contribution in [0, 0.1) is 0 Å². The molecule has 1 heterocycles. The van der Waals surface area contributed by atoms with Crippen molar-refractivity contribution < 1.29 is 19.1 Å². The normalized spacial score (nSPS) is 16.6. The lowest BCUT2D eigenvalue weighted by Gasteiger charge is -2.29. The maximum absolute atomic E-state index is 12.7. The number of ether oxygens (including phenoxy) is 2. The van der Waals surface area contributed by atoms with Crippen molar-refractivity contribution in [2.75, 3.05) is 31.2 Å². The Morgan fingerprint density at radius 2 is 1.79 bits per heavy atom. The van der Waals surface area contributed by atoms with E-state index in [0.29, 0.717) is 17.9 Å². The first-order chi connectivity index (χ1) is 13.4. The number of benzene rings is 1. The van der Waals surface area contributed by atoms with Crippen molar-refractivity contribution in [3.63, 3.8) is 0 Å². The molecule has 2 rings (SSSR count). The summed E-state index contributed by atoms with van der Waals surface area (Å²) in [5, 5.41) is 5.48. The summed E-state index contributed by atoms with van der Waals surface area (Å²) in [5.74, 6) is -0.463. The van der Waals surface area contributed by atoms with Crippen LogP contribution >= 0.6 is 0 Å². The number of hydrogen-bond donors (Lipinski definition) is 2. The van der Waals surface area contributed by atoms with E-state index in [2.05, 4.69) is 29.4 Å². The third kappa shape index (κ3) is 5.48. The fourth-order valence-corrected chi connectivity index (χ4v) is 3.18. The largest absolute Gasteiger partial charge is 0.460 e. The second-order valence-electron chi connectivity index (χ2n) is 6.89. The SMILES string of the molecule is CCN(CC)c1ccc(C2NC(=O)NC(C)=C2C(=O)OCCOC(C)C)cc1. The van der Waals surface area contributed by atoms with Crippen LogP contribution in [0.5, 0.6) is 0 Å². The third-order valence-electron chi connectivity index (χ3n) is 4.61. The first-order valence-corrected chi connectivity index (χ1v) is 9.79. The molecule has 1 aliphatic rings. The Morgan fingerprint density at radius 1 is 1.14 bits per heavy atom. The van der Waals surface area contributed by atoms with E-state index >= 15 is 0 Å². The molecule has 7 nitrogen and oxygen atoms in total. The van der Waals surface area contributed by atoms with E-state index in [9.17, 15) is 9.59 Å². The second-order valence-corrected chi connectivity index (χ2v) is 6.89. The first kappa shape index (κ1) is 21.8. The molecule has 0 saturated heterocycles. The van der Waals surface area contributed by atoms with Gasteiger partial charge in [-0.2, -0.15) is 0 Å². The molecule has 2 N–H and O–H groups in total. The van der Waals surface area contributed by atoms with Crippen LogP contribution in [-0.2, 0) is 14.3 Å². The van der Waals surface area contributed by atoms with Gasteiger partial charge in [-0.25, -0.2) is 9.59 Å². The monoisotopic (exact) mass is 389 g/mol. The maximum Gasteiger partial charge on any atom is 0.338 e. The van der Waals surface area contributed by atoms with E-state index in [0.717, 1.165) is 24.3 Å². The van der Waals surface area contributed by atoms with Crippen molar-refractivity contribution in [1.29, 1.82) is 0 Å². The van der Waals surface area contributed by atoms with Crippen molar-refractivity contribution in [2.45, 2.75) is 46.8 Å². The molecule has 0 saturated carbocycles. The molecule has 0 fully saturated rings. The summed E-state index contributed by atoms with van der Waals surface area (Å²) in [5.41, 5.74) is 2.83. The van der Waals surface area contributed by atoms with E-state index in [1.165, 1.54) is 0 Å². The smallest absolute Gasteiger partial charge is 0.338 e. The molecule has 7 heteroatoms. The average molecular weight is 389 g/mol. The molecule has 0 spiro atoms. The standard InChI is InChI=1S/C21H31N3O4/c1-6-24(7-2)17-10-8-16(9-11-17)19-18(15(5)22-21(26)23-19)20(25)28-13-12-27-14(3)4/h8-11,14,19H,6-7,12-13H2,1-5H3,(H2,22,23,26). The van der Waals surface area contributed by atoms with Crippen LogP contribution < -0.4 is 15.5 Å². The van der Waals surface area contributed by atoms with Crippen molar-refractivity contribution >= 4 is 17.7 Å². The Labute approximate surface area is 167 Å². The summed E-state index contributed by atoms with van der Waals surface area (Å²) in [4.78, 5) is 26.9. The number of carbonyl (C=O) groups is 2. The van der Waals surface area contributed by atoms with Gasteiger partial charge in [-0.05, 0) is 52.3 Å². The zero-order valence-electron chi connectivity index (χ0n) is 17.4. The number of carbonyl (C=O) groups excluding carboxylic acids is 2. The molecule has 0 aliphatic carbocycles. The van der Waals surface area contributed by atoms with Crippen LogP contribution in [0.25, 0.3) is 0 Å². The molecule has 0 aromatic heterocycles. The highest BCUT2D eigenvalue weighted by atomic mass is 16.6. The highest BCUT2D eigenvalue weighted by Crippen LogP contribution is 2.29. The Bertz CT molecular complexity index is 709. The van der Waals surface area contributed by atoms with Gasteiger partial charge in [0.25, 0.3) is 0 Å². The number of nitrogens with one attached hydrogen (secondary N) is 2. The minimum absolute atomic E-state index is 0.0763. The average Bonchev–Trinajstić information content (AvgIpc) is 2.66. The number of amides is 2. The number of rotatable bonds is 9. The number of nitrogens with zero attached hydrogens (tertiary/aromatic N) is 1. The third-order valence-corrected chi connectivity index (χ3v) is 4.61. The fraction of sp³-hybridized carbons (Fsp3) is 0.524. The van der Waals surface area contributed by atoms with Crippen LogP contribution in [0.15, 0.2) is 35.5 Å². The van der Waals surface area contributed by atoms with E-state index in [-0.39, 0.29) is 18.7 Å². The molecular weight excluding hydrogens is 358 g/mol. The highest BCUT2D eigenvalue weighted by Gasteiger charge is 2.32. The molecule has 28 heavy (non-hydrogen) atoms. The number of urea groups is 1. The molecule has 1 aromatic carbocycles. The molecule has 154 valence electrons. The van der Waals surface area contributed by atoms with Gasteiger partial charge in [0.15, 0.2) is 0 Å². The summed E-state index contributed by atoms with van der Waals surface area (Å²) in [7, 11) is 0. The second kappa shape index (κ2) is 10.1. The Balaban J connectivity index is 2.19. The van der Waals surface area contributed by atoms with E-state index in [1.54, 1.807) is 6.92 Å². The molecule has 1 atom stereocenters. The van der Waals surface area contributed by atoms with Gasteiger partial charge < -0.3 is 25.0 Å². The first-order valence-electron chi connectivity index (χ1n) is 9.79. The summed E-state index contributed by atoms with van der Waals surface area (Å²) in [6, 6.07) is 6.99. The Morgan fingerprint density at radius 3 is 2.36 bits per heavy atom. The van der Waals surface area contributed by atoms with E-state index in [4.69, 9.17) is 9.47 Å². The Hall–Kier alpha value is -2.54. The van der Waals surface area contributed by atoms with Crippen LogP contribution in [0.2, 0.25) is 0 Å². The molecule has 1 aromatic rings. The minimum Gasteiger partial charge on any atom is -0.460 e. The van der Waals surface area contributed by atoms with Crippen molar-refractivity contribution in [2.24, 2.45) is 0 Å². The van der Waals surface area contributed by atoms with Gasteiger partial charge in [0.1, 0.15) is 6.61 Å². The lowest BCUT2D eigenvalue weighted by molar-refractivity contribution is -0.141.